The van der Waals surface area contributed by atoms with Crippen molar-refractivity contribution in [2.75, 3.05) is 26.2 Å². The average molecular weight is 314 g/mol. The largest absolute Gasteiger partial charge is 0.317 e. The van der Waals surface area contributed by atoms with E-state index in [1.165, 1.54) is 15.6 Å². The van der Waals surface area contributed by atoms with Gasteiger partial charge in [0.05, 0.1) is 6.54 Å². The summed E-state index contributed by atoms with van der Waals surface area (Å²) in [5.41, 5.74) is 0. The first-order chi connectivity index (χ1) is 9.56. The summed E-state index contributed by atoms with van der Waals surface area (Å²) < 4.78 is 26.7. The molecule has 20 heavy (non-hydrogen) atoms. The number of hydrogen-bond acceptors (Lipinski definition) is 4. The van der Waals surface area contributed by atoms with Crippen molar-refractivity contribution in [3.63, 3.8) is 0 Å². The smallest absolute Gasteiger partial charge is 0.253 e. The zero-order valence-corrected chi connectivity index (χ0v) is 13.7. The van der Waals surface area contributed by atoms with Crippen LogP contribution in [0.3, 0.4) is 0 Å². The second-order valence-corrected chi connectivity index (χ2v) is 7.70. The standard InChI is InChI=1S/C14H22N2O2S2/c1-4-11-16(12-5-2)20(17,18)14-8-7-13(19-14)9-10-15-6-3/h1,7-8,15H,5-6,9-12H2,2-3H3. The molecule has 0 aromatic carbocycles. The van der Waals surface area contributed by atoms with Crippen molar-refractivity contribution in [2.24, 2.45) is 0 Å². The molecule has 1 rings (SSSR count). The van der Waals surface area contributed by atoms with Crippen LogP contribution in [0.4, 0.5) is 0 Å². The normalized spacial score (nSPS) is 11.7. The minimum absolute atomic E-state index is 0.126. The number of terminal acetylenes is 1. The van der Waals surface area contributed by atoms with Gasteiger partial charge in [-0.1, -0.05) is 19.8 Å². The van der Waals surface area contributed by atoms with E-state index in [1.807, 2.05) is 19.9 Å². The van der Waals surface area contributed by atoms with E-state index >= 15 is 0 Å². The van der Waals surface area contributed by atoms with Crippen LogP contribution in [0.1, 0.15) is 25.1 Å². The maximum atomic E-state index is 12.5. The van der Waals surface area contributed by atoms with Crippen molar-refractivity contribution in [1.29, 1.82) is 0 Å². The number of sulfonamides is 1. The first-order valence-corrected chi connectivity index (χ1v) is 9.05. The molecule has 1 heterocycles. The van der Waals surface area contributed by atoms with Crippen molar-refractivity contribution in [3.05, 3.63) is 17.0 Å². The molecule has 6 heteroatoms. The Morgan fingerprint density at radius 3 is 2.75 bits per heavy atom. The molecule has 0 aliphatic rings. The van der Waals surface area contributed by atoms with E-state index in [0.29, 0.717) is 10.8 Å². The molecule has 0 radical (unpaired) electrons. The number of nitrogens with zero attached hydrogens (tertiary/aromatic N) is 1. The molecule has 0 bridgehead atoms. The summed E-state index contributed by atoms with van der Waals surface area (Å²) in [7, 11) is -3.45. The van der Waals surface area contributed by atoms with Crippen LogP contribution in [-0.2, 0) is 16.4 Å². The van der Waals surface area contributed by atoms with Crippen LogP contribution in [0.5, 0.6) is 0 Å². The summed E-state index contributed by atoms with van der Waals surface area (Å²) in [6.45, 7) is 6.35. The maximum absolute atomic E-state index is 12.5. The molecule has 4 nitrogen and oxygen atoms in total. The van der Waals surface area contributed by atoms with Crippen molar-refractivity contribution < 1.29 is 8.42 Å². The van der Waals surface area contributed by atoms with Gasteiger partial charge in [-0.3, -0.25) is 0 Å². The first kappa shape index (κ1) is 17.2. The van der Waals surface area contributed by atoms with E-state index < -0.39 is 10.0 Å². The average Bonchev–Trinajstić information content (AvgIpc) is 2.88. The van der Waals surface area contributed by atoms with Gasteiger partial charge >= 0.3 is 0 Å². The molecule has 112 valence electrons. The van der Waals surface area contributed by atoms with Crippen LogP contribution < -0.4 is 5.32 Å². The van der Waals surface area contributed by atoms with Gasteiger partial charge in [-0.25, -0.2) is 8.42 Å². The number of thiophene rings is 1. The van der Waals surface area contributed by atoms with Crippen LogP contribution in [0.25, 0.3) is 0 Å². The molecule has 0 amide bonds. The van der Waals surface area contributed by atoms with Gasteiger partial charge < -0.3 is 5.32 Å². The van der Waals surface area contributed by atoms with Gasteiger partial charge in [0.1, 0.15) is 4.21 Å². The zero-order valence-electron chi connectivity index (χ0n) is 12.1. The first-order valence-electron chi connectivity index (χ1n) is 6.79. The van der Waals surface area contributed by atoms with Gasteiger partial charge in [-0.05, 0) is 38.1 Å². The molecular formula is C14H22N2O2S2. The van der Waals surface area contributed by atoms with Crippen LogP contribution >= 0.6 is 11.3 Å². The zero-order chi connectivity index (χ0) is 15.0. The number of rotatable bonds is 9. The molecule has 0 aliphatic carbocycles. The van der Waals surface area contributed by atoms with Gasteiger partial charge in [-0.15, -0.1) is 17.8 Å². The van der Waals surface area contributed by atoms with E-state index in [1.54, 1.807) is 6.07 Å². The highest BCUT2D eigenvalue weighted by Crippen LogP contribution is 2.25. The van der Waals surface area contributed by atoms with Crippen molar-refractivity contribution >= 4 is 21.4 Å². The van der Waals surface area contributed by atoms with Crippen molar-refractivity contribution in [3.8, 4) is 12.3 Å². The van der Waals surface area contributed by atoms with E-state index in [2.05, 4.69) is 11.2 Å². The quantitative estimate of drug-likeness (QED) is 0.560. The molecule has 0 saturated heterocycles. The lowest BCUT2D eigenvalue weighted by Crippen LogP contribution is -2.31. The lowest BCUT2D eigenvalue weighted by atomic mass is 10.3. The third-order valence-electron chi connectivity index (χ3n) is 2.77. The third-order valence-corrected chi connectivity index (χ3v) is 6.23. The number of hydrogen-bond donors (Lipinski definition) is 1. The Morgan fingerprint density at radius 2 is 2.15 bits per heavy atom. The minimum Gasteiger partial charge on any atom is -0.317 e. The fraction of sp³-hybridized carbons (Fsp3) is 0.571. The minimum atomic E-state index is -3.45. The van der Waals surface area contributed by atoms with Crippen molar-refractivity contribution in [1.82, 2.24) is 9.62 Å². The predicted octanol–water partition coefficient (Wildman–Crippen LogP) is 1.93. The summed E-state index contributed by atoms with van der Waals surface area (Å²) in [4.78, 5) is 1.07. The highest BCUT2D eigenvalue weighted by Gasteiger charge is 2.24. The summed E-state index contributed by atoms with van der Waals surface area (Å²) in [5, 5.41) is 3.23. The van der Waals surface area contributed by atoms with Crippen LogP contribution in [0.15, 0.2) is 16.3 Å². The highest BCUT2D eigenvalue weighted by atomic mass is 32.2. The molecule has 0 aliphatic heterocycles. The second kappa shape index (κ2) is 8.42. The summed E-state index contributed by atoms with van der Waals surface area (Å²) in [5.74, 6) is 2.42. The Bertz CT molecular complexity index is 544. The SMILES string of the molecule is C#CCN(CCC)S(=O)(=O)c1ccc(CCNCC)s1. The number of nitrogens with one attached hydrogen (secondary N) is 1. The maximum Gasteiger partial charge on any atom is 0.253 e. The molecule has 0 saturated carbocycles. The monoisotopic (exact) mass is 314 g/mol. The van der Waals surface area contributed by atoms with Gasteiger partial charge in [0.2, 0.25) is 0 Å². The Kier molecular flexibility index (Phi) is 7.24. The third kappa shape index (κ3) is 4.60. The van der Waals surface area contributed by atoms with Gasteiger partial charge in [0, 0.05) is 11.4 Å². The molecule has 0 atom stereocenters. The summed E-state index contributed by atoms with van der Waals surface area (Å²) in [6, 6.07) is 3.56. The lowest BCUT2D eigenvalue weighted by molar-refractivity contribution is 0.447. The van der Waals surface area contributed by atoms with Crippen molar-refractivity contribution in [2.45, 2.75) is 30.9 Å². The molecule has 1 aromatic heterocycles. The van der Waals surface area contributed by atoms with Gasteiger partial charge in [0.15, 0.2) is 0 Å². The van der Waals surface area contributed by atoms with E-state index in [-0.39, 0.29) is 6.54 Å². The Hall–Kier alpha value is -0.870. The van der Waals surface area contributed by atoms with Crippen LogP contribution in [-0.4, -0.2) is 38.9 Å². The molecule has 0 unspecified atom stereocenters. The van der Waals surface area contributed by atoms with E-state index in [4.69, 9.17) is 6.42 Å². The fourth-order valence-corrected chi connectivity index (χ4v) is 4.74. The fourth-order valence-electron chi connectivity index (χ4n) is 1.78. The lowest BCUT2D eigenvalue weighted by Gasteiger charge is -2.17. The Balaban J connectivity index is 2.83. The van der Waals surface area contributed by atoms with Gasteiger partial charge in [0.25, 0.3) is 10.0 Å². The van der Waals surface area contributed by atoms with E-state index in [9.17, 15) is 8.42 Å². The highest BCUT2D eigenvalue weighted by molar-refractivity contribution is 7.91. The Labute approximate surface area is 126 Å². The topological polar surface area (TPSA) is 49.4 Å². The van der Waals surface area contributed by atoms with Crippen LogP contribution in [0.2, 0.25) is 0 Å². The summed E-state index contributed by atoms with van der Waals surface area (Å²) >= 11 is 1.33. The van der Waals surface area contributed by atoms with Crippen LogP contribution in [0, 0.1) is 12.3 Å². The second-order valence-electron chi connectivity index (χ2n) is 4.37. The molecule has 0 spiro atoms. The molecule has 1 N–H and O–H groups in total. The van der Waals surface area contributed by atoms with E-state index in [0.717, 1.165) is 30.8 Å². The molecular weight excluding hydrogens is 292 g/mol. The molecule has 1 aromatic rings. The van der Waals surface area contributed by atoms with Gasteiger partial charge in [-0.2, -0.15) is 4.31 Å². The molecule has 0 fully saturated rings. The predicted molar refractivity (Wildman–Crippen MR) is 84.4 cm³/mol. The summed E-state index contributed by atoms with van der Waals surface area (Å²) in [6.07, 6.45) is 6.85. The Morgan fingerprint density at radius 1 is 1.40 bits per heavy atom. The number of likely N-dealkylation sites (N-methyl/N-ethyl adjacent to an activating group) is 1.